The summed E-state index contributed by atoms with van der Waals surface area (Å²) < 4.78 is 46.4. The molecule has 0 bridgehead atoms. The lowest BCUT2D eigenvalue weighted by molar-refractivity contribution is -0.150. The number of rotatable bonds is 10. The summed E-state index contributed by atoms with van der Waals surface area (Å²) in [5.74, 6) is 0.841. The molecule has 0 unspecified atom stereocenters. The molecule has 0 fully saturated rings. The van der Waals surface area contributed by atoms with Gasteiger partial charge in [0.15, 0.2) is 5.54 Å². The number of methoxy groups -OCH3 is 3. The van der Waals surface area contributed by atoms with Gasteiger partial charge < -0.3 is 14.2 Å². The number of nitrogens with zero attached hydrogens (tertiary/aromatic N) is 3. The number of sulfonamides is 1. The van der Waals surface area contributed by atoms with E-state index in [-0.39, 0.29) is 18.0 Å². The maximum Gasteiger partial charge on any atom is 0.333 e. The van der Waals surface area contributed by atoms with E-state index in [4.69, 9.17) is 14.2 Å². The van der Waals surface area contributed by atoms with Crippen LogP contribution in [-0.2, 0) is 38.2 Å². The number of aromatic nitrogens is 2. The van der Waals surface area contributed by atoms with Gasteiger partial charge in [-0.3, -0.25) is 4.68 Å². The predicted octanol–water partition coefficient (Wildman–Crippen LogP) is 3.82. The lowest BCUT2D eigenvalue weighted by Crippen LogP contribution is -2.38. The predicted molar refractivity (Wildman–Crippen MR) is 135 cm³/mol. The van der Waals surface area contributed by atoms with Crippen LogP contribution in [-0.4, -0.2) is 49.8 Å². The standard InChI is InChI=1S/C26H33N3O6S/c1-18-24(19(2)29(27-18)26(3,4)25(30)35-7)36(31,32)28(16-20-8-12-22(33-5)13-9-20)17-21-10-14-23(34-6)15-11-21/h8-15H,16-17H2,1-7H3. The first kappa shape index (κ1) is 27.2. The van der Waals surface area contributed by atoms with Crippen molar-refractivity contribution in [3.8, 4) is 11.5 Å². The Morgan fingerprint density at radius 1 is 0.889 bits per heavy atom. The minimum absolute atomic E-state index is 0.0708. The van der Waals surface area contributed by atoms with Crippen LogP contribution in [0.4, 0.5) is 0 Å². The number of esters is 1. The Balaban J connectivity index is 2.08. The van der Waals surface area contributed by atoms with Gasteiger partial charge in [-0.25, -0.2) is 13.2 Å². The Hall–Kier alpha value is -3.37. The Morgan fingerprint density at radius 2 is 1.33 bits per heavy atom. The van der Waals surface area contributed by atoms with Crippen LogP contribution in [0, 0.1) is 13.8 Å². The molecule has 2 aromatic carbocycles. The lowest BCUT2D eigenvalue weighted by Gasteiger charge is -2.25. The highest BCUT2D eigenvalue weighted by molar-refractivity contribution is 7.89. The molecule has 0 saturated carbocycles. The first-order chi connectivity index (χ1) is 16.9. The fraction of sp³-hybridized carbons (Fsp3) is 0.385. The van der Waals surface area contributed by atoms with Crippen molar-refractivity contribution in [1.29, 1.82) is 0 Å². The van der Waals surface area contributed by atoms with Gasteiger partial charge in [-0.05, 0) is 63.1 Å². The Bertz CT molecular complexity index is 1260. The van der Waals surface area contributed by atoms with Crippen LogP contribution < -0.4 is 9.47 Å². The summed E-state index contributed by atoms with van der Waals surface area (Å²) >= 11 is 0. The minimum Gasteiger partial charge on any atom is -0.497 e. The fourth-order valence-corrected chi connectivity index (χ4v) is 5.88. The minimum atomic E-state index is -4.03. The molecule has 1 aromatic heterocycles. The van der Waals surface area contributed by atoms with Gasteiger partial charge in [-0.1, -0.05) is 24.3 Å². The summed E-state index contributed by atoms with van der Waals surface area (Å²) in [5, 5.41) is 4.44. The average Bonchev–Trinajstić information content (AvgIpc) is 3.18. The van der Waals surface area contributed by atoms with Gasteiger partial charge in [0.25, 0.3) is 0 Å². The molecule has 0 aliphatic heterocycles. The molecule has 0 spiro atoms. The quantitative estimate of drug-likeness (QED) is 0.379. The third-order valence-corrected chi connectivity index (χ3v) is 8.12. The second-order valence-corrected chi connectivity index (χ2v) is 10.8. The zero-order valence-corrected chi connectivity index (χ0v) is 22.5. The number of benzene rings is 2. The topological polar surface area (TPSA) is 100.0 Å². The van der Waals surface area contributed by atoms with Crippen molar-refractivity contribution in [3.63, 3.8) is 0 Å². The fourth-order valence-electron chi connectivity index (χ4n) is 4.11. The monoisotopic (exact) mass is 515 g/mol. The van der Waals surface area contributed by atoms with E-state index in [0.29, 0.717) is 22.9 Å². The maximum absolute atomic E-state index is 14.1. The van der Waals surface area contributed by atoms with E-state index in [0.717, 1.165) is 11.1 Å². The van der Waals surface area contributed by atoms with Gasteiger partial charge in [-0.15, -0.1) is 0 Å². The summed E-state index contributed by atoms with van der Waals surface area (Å²) in [5.41, 5.74) is 1.07. The number of hydrogen-bond donors (Lipinski definition) is 0. The van der Waals surface area contributed by atoms with Crippen molar-refractivity contribution >= 4 is 16.0 Å². The van der Waals surface area contributed by atoms with Gasteiger partial charge >= 0.3 is 5.97 Å². The van der Waals surface area contributed by atoms with Crippen molar-refractivity contribution in [2.24, 2.45) is 0 Å². The van der Waals surface area contributed by atoms with Crippen molar-refractivity contribution in [3.05, 3.63) is 71.0 Å². The van der Waals surface area contributed by atoms with Gasteiger partial charge in [0.2, 0.25) is 10.0 Å². The van der Waals surface area contributed by atoms with Crippen LogP contribution in [0.3, 0.4) is 0 Å². The van der Waals surface area contributed by atoms with E-state index in [9.17, 15) is 13.2 Å². The van der Waals surface area contributed by atoms with Gasteiger partial charge in [0, 0.05) is 13.1 Å². The van der Waals surface area contributed by atoms with E-state index in [1.165, 1.54) is 16.1 Å². The first-order valence-electron chi connectivity index (χ1n) is 11.4. The highest BCUT2D eigenvalue weighted by Crippen LogP contribution is 2.30. The van der Waals surface area contributed by atoms with Crippen LogP contribution in [0.5, 0.6) is 11.5 Å². The summed E-state index contributed by atoms with van der Waals surface area (Å²) in [6, 6.07) is 14.5. The molecule has 0 aliphatic carbocycles. The van der Waals surface area contributed by atoms with Crippen molar-refractivity contribution in [2.45, 2.75) is 51.2 Å². The molecule has 0 atom stereocenters. The second-order valence-electron chi connectivity index (χ2n) is 8.93. The number of hydrogen-bond acceptors (Lipinski definition) is 7. The van der Waals surface area contributed by atoms with Crippen molar-refractivity contribution < 1.29 is 27.4 Å². The van der Waals surface area contributed by atoms with Crippen molar-refractivity contribution in [1.82, 2.24) is 14.1 Å². The molecule has 0 aliphatic rings. The number of aryl methyl sites for hydroxylation is 1. The molecule has 3 rings (SSSR count). The van der Waals surface area contributed by atoms with Crippen LogP contribution >= 0.6 is 0 Å². The number of carbonyl (C=O) groups is 1. The smallest absolute Gasteiger partial charge is 0.333 e. The summed E-state index contributed by atoms with van der Waals surface area (Å²) in [4.78, 5) is 12.5. The van der Waals surface area contributed by atoms with Crippen LogP contribution in [0.1, 0.15) is 36.4 Å². The largest absolute Gasteiger partial charge is 0.497 e. The molecule has 9 nitrogen and oxygen atoms in total. The SMILES string of the molecule is COC(=O)C(C)(C)n1nc(C)c(S(=O)(=O)N(Cc2ccc(OC)cc2)Cc2ccc(OC)cc2)c1C. The summed E-state index contributed by atoms with van der Waals surface area (Å²) in [6.07, 6.45) is 0. The number of ether oxygens (including phenoxy) is 3. The van der Waals surface area contributed by atoms with E-state index in [2.05, 4.69) is 5.10 Å². The molecule has 0 radical (unpaired) electrons. The van der Waals surface area contributed by atoms with Crippen LogP contribution in [0.2, 0.25) is 0 Å². The average molecular weight is 516 g/mol. The normalized spacial score (nSPS) is 12.0. The Morgan fingerprint density at radius 3 is 1.72 bits per heavy atom. The van der Waals surface area contributed by atoms with E-state index >= 15 is 0 Å². The molecular formula is C26H33N3O6S. The van der Waals surface area contributed by atoms with E-state index < -0.39 is 21.5 Å². The molecule has 0 amide bonds. The highest BCUT2D eigenvalue weighted by Gasteiger charge is 2.38. The molecule has 0 N–H and O–H groups in total. The lowest BCUT2D eigenvalue weighted by atomic mass is 10.1. The molecule has 36 heavy (non-hydrogen) atoms. The zero-order chi connectivity index (χ0) is 26.7. The molecular weight excluding hydrogens is 482 g/mol. The summed E-state index contributed by atoms with van der Waals surface area (Å²) in [7, 11) is 0.420. The molecule has 0 saturated heterocycles. The van der Waals surface area contributed by atoms with Gasteiger partial charge in [0.1, 0.15) is 16.4 Å². The van der Waals surface area contributed by atoms with E-state index in [1.807, 2.05) is 24.3 Å². The summed E-state index contributed by atoms with van der Waals surface area (Å²) in [6.45, 7) is 6.81. The maximum atomic E-state index is 14.1. The van der Waals surface area contributed by atoms with Crippen LogP contribution in [0.25, 0.3) is 0 Å². The third kappa shape index (κ3) is 5.39. The number of carbonyl (C=O) groups excluding carboxylic acids is 1. The Labute approximate surface area is 212 Å². The second kappa shape index (κ2) is 10.7. The molecule has 3 aromatic rings. The molecule has 194 valence electrons. The van der Waals surface area contributed by atoms with Crippen molar-refractivity contribution in [2.75, 3.05) is 21.3 Å². The Kier molecular flexibility index (Phi) is 8.10. The first-order valence-corrected chi connectivity index (χ1v) is 12.8. The van der Waals surface area contributed by atoms with Crippen LogP contribution in [0.15, 0.2) is 53.4 Å². The molecule has 1 heterocycles. The third-order valence-electron chi connectivity index (χ3n) is 6.07. The van der Waals surface area contributed by atoms with Gasteiger partial charge in [-0.2, -0.15) is 9.40 Å². The molecule has 10 heteroatoms. The van der Waals surface area contributed by atoms with E-state index in [1.54, 1.807) is 66.2 Å². The van der Waals surface area contributed by atoms with Gasteiger partial charge in [0.05, 0.1) is 32.7 Å². The zero-order valence-electron chi connectivity index (χ0n) is 21.7. The highest BCUT2D eigenvalue weighted by atomic mass is 32.2.